The summed E-state index contributed by atoms with van der Waals surface area (Å²) in [4.78, 5) is 24.5. The first-order valence-electron chi connectivity index (χ1n) is 7.24. The molecule has 5 nitrogen and oxygen atoms in total. The number of hydrogen-bond donors (Lipinski definition) is 2. The minimum atomic E-state index is -1.01. The van der Waals surface area contributed by atoms with Gasteiger partial charge in [0.1, 0.15) is 6.54 Å². The number of amides is 2. The normalized spacial score (nSPS) is 12.0. The molecule has 2 amide bonds. The van der Waals surface area contributed by atoms with Gasteiger partial charge in [0.25, 0.3) is 0 Å². The maximum atomic E-state index is 12.3. The highest BCUT2D eigenvalue weighted by atomic mass is 16.4. The summed E-state index contributed by atoms with van der Waals surface area (Å²) in [7, 11) is 0. The molecule has 0 saturated heterocycles. The third-order valence-electron chi connectivity index (χ3n) is 3.49. The highest BCUT2D eigenvalue weighted by molar-refractivity contribution is 5.91. The van der Waals surface area contributed by atoms with Crippen LogP contribution in [0.1, 0.15) is 45.6 Å². The lowest BCUT2D eigenvalue weighted by Crippen LogP contribution is -2.44. The summed E-state index contributed by atoms with van der Waals surface area (Å²) in [6, 6.07) is 7.10. The van der Waals surface area contributed by atoms with Crippen LogP contribution in [-0.4, -0.2) is 34.6 Å². The second-order valence-corrected chi connectivity index (χ2v) is 5.49. The van der Waals surface area contributed by atoms with Gasteiger partial charge in [-0.25, -0.2) is 4.79 Å². The Hall–Kier alpha value is -2.04. The summed E-state index contributed by atoms with van der Waals surface area (Å²) in [6.07, 6.45) is 0.701. The lowest BCUT2D eigenvalue weighted by atomic mass is 10.0. The number of carbonyl (C=O) groups is 2. The van der Waals surface area contributed by atoms with Gasteiger partial charge in [-0.3, -0.25) is 4.79 Å². The largest absolute Gasteiger partial charge is 0.480 e. The summed E-state index contributed by atoms with van der Waals surface area (Å²) in [5, 5.41) is 11.7. The average molecular weight is 292 g/mol. The number of rotatable bonds is 6. The molecule has 0 saturated carbocycles. The molecule has 21 heavy (non-hydrogen) atoms. The smallest absolute Gasteiger partial charge is 0.323 e. The zero-order chi connectivity index (χ0) is 16.0. The number of nitrogens with one attached hydrogen (secondary N) is 1. The topological polar surface area (TPSA) is 69.6 Å². The van der Waals surface area contributed by atoms with Gasteiger partial charge in [-0.2, -0.15) is 0 Å². The fraction of sp³-hybridized carbons (Fsp3) is 0.500. The minimum absolute atomic E-state index is 0.130. The van der Waals surface area contributed by atoms with Gasteiger partial charge in [0.15, 0.2) is 0 Å². The fourth-order valence-corrected chi connectivity index (χ4v) is 1.96. The van der Waals surface area contributed by atoms with Gasteiger partial charge in [0.05, 0.1) is 0 Å². The lowest BCUT2D eigenvalue weighted by Gasteiger charge is -2.27. The molecule has 0 spiro atoms. The second kappa shape index (κ2) is 7.67. The molecule has 1 aromatic carbocycles. The van der Waals surface area contributed by atoms with E-state index < -0.39 is 5.97 Å². The van der Waals surface area contributed by atoms with Crippen molar-refractivity contribution in [3.63, 3.8) is 0 Å². The van der Waals surface area contributed by atoms with Crippen molar-refractivity contribution in [3.8, 4) is 0 Å². The van der Waals surface area contributed by atoms with Crippen molar-refractivity contribution in [2.45, 2.75) is 46.1 Å². The van der Waals surface area contributed by atoms with Gasteiger partial charge >= 0.3 is 12.0 Å². The maximum absolute atomic E-state index is 12.3. The number of carboxylic acids is 1. The van der Waals surface area contributed by atoms with E-state index in [1.807, 2.05) is 32.0 Å². The third-order valence-corrected chi connectivity index (χ3v) is 3.49. The average Bonchev–Trinajstić information content (AvgIpc) is 2.43. The molecule has 0 heterocycles. The van der Waals surface area contributed by atoms with Crippen LogP contribution in [0.4, 0.5) is 10.5 Å². The quantitative estimate of drug-likeness (QED) is 0.842. The molecule has 0 aromatic heterocycles. The first-order chi connectivity index (χ1) is 9.85. The number of nitrogens with zero attached hydrogens (tertiary/aromatic N) is 1. The molecule has 0 bridgehead atoms. The van der Waals surface area contributed by atoms with Crippen molar-refractivity contribution in [1.82, 2.24) is 4.90 Å². The molecule has 0 aliphatic rings. The Morgan fingerprint density at radius 1 is 1.29 bits per heavy atom. The zero-order valence-corrected chi connectivity index (χ0v) is 13.1. The summed E-state index contributed by atoms with van der Waals surface area (Å²) >= 11 is 0. The Morgan fingerprint density at radius 3 is 2.48 bits per heavy atom. The molecule has 116 valence electrons. The number of carbonyl (C=O) groups excluding carboxylic acids is 1. The van der Waals surface area contributed by atoms with Crippen LogP contribution in [0, 0.1) is 0 Å². The van der Waals surface area contributed by atoms with E-state index in [0.29, 0.717) is 18.0 Å². The number of urea groups is 1. The molecule has 1 rings (SSSR count). The maximum Gasteiger partial charge on any atom is 0.323 e. The van der Waals surface area contributed by atoms with Crippen molar-refractivity contribution >= 4 is 17.7 Å². The van der Waals surface area contributed by atoms with Crippen molar-refractivity contribution in [3.05, 3.63) is 29.8 Å². The first kappa shape index (κ1) is 17.0. The van der Waals surface area contributed by atoms with E-state index in [-0.39, 0.29) is 18.6 Å². The van der Waals surface area contributed by atoms with Gasteiger partial charge in [-0.1, -0.05) is 32.9 Å². The number of benzene rings is 1. The molecule has 0 aliphatic heterocycles. The van der Waals surface area contributed by atoms with Crippen LogP contribution in [0.25, 0.3) is 0 Å². The highest BCUT2D eigenvalue weighted by Gasteiger charge is 2.21. The van der Waals surface area contributed by atoms with Crippen LogP contribution >= 0.6 is 0 Å². The predicted molar refractivity (Wildman–Crippen MR) is 83.6 cm³/mol. The summed E-state index contributed by atoms with van der Waals surface area (Å²) in [6.45, 7) is 7.62. The number of carboxylic acid groups (broad SMARTS) is 1. The van der Waals surface area contributed by atoms with Gasteiger partial charge in [0.2, 0.25) is 0 Å². The van der Waals surface area contributed by atoms with E-state index >= 15 is 0 Å². The fourth-order valence-electron chi connectivity index (χ4n) is 1.96. The lowest BCUT2D eigenvalue weighted by molar-refractivity contribution is -0.138. The third kappa shape index (κ3) is 5.10. The Labute approximate surface area is 126 Å². The van der Waals surface area contributed by atoms with Crippen LogP contribution in [0.15, 0.2) is 24.3 Å². The SMILES string of the molecule is CCC(C)N(CC(=O)O)C(=O)Nc1cccc(C(C)C)c1. The Bertz CT molecular complexity index is 500. The molecule has 1 aromatic rings. The van der Waals surface area contributed by atoms with Crippen molar-refractivity contribution in [1.29, 1.82) is 0 Å². The van der Waals surface area contributed by atoms with Crippen LogP contribution < -0.4 is 5.32 Å². The Morgan fingerprint density at radius 2 is 1.95 bits per heavy atom. The molecule has 0 aliphatic carbocycles. The summed E-state index contributed by atoms with van der Waals surface area (Å²) < 4.78 is 0. The molecular formula is C16H24N2O3. The van der Waals surface area contributed by atoms with Gasteiger partial charge in [0, 0.05) is 11.7 Å². The Kier molecular flexibility index (Phi) is 6.21. The molecule has 2 N–H and O–H groups in total. The van der Waals surface area contributed by atoms with Gasteiger partial charge in [-0.15, -0.1) is 0 Å². The van der Waals surface area contributed by atoms with Crippen LogP contribution in [0.3, 0.4) is 0 Å². The second-order valence-electron chi connectivity index (χ2n) is 5.49. The minimum Gasteiger partial charge on any atom is -0.480 e. The molecule has 1 atom stereocenters. The number of aliphatic carboxylic acids is 1. The van der Waals surface area contributed by atoms with Crippen LogP contribution in [0.5, 0.6) is 0 Å². The monoisotopic (exact) mass is 292 g/mol. The molecule has 5 heteroatoms. The highest BCUT2D eigenvalue weighted by Crippen LogP contribution is 2.19. The molecule has 0 fully saturated rings. The number of hydrogen-bond acceptors (Lipinski definition) is 2. The van der Waals surface area contributed by atoms with E-state index in [2.05, 4.69) is 19.2 Å². The van der Waals surface area contributed by atoms with E-state index in [0.717, 1.165) is 5.56 Å². The number of anilines is 1. The van der Waals surface area contributed by atoms with E-state index in [9.17, 15) is 9.59 Å². The first-order valence-corrected chi connectivity index (χ1v) is 7.24. The molecule has 0 radical (unpaired) electrons. The van der Waals surface area contributed by atoms with E-state index in [4.69, 9.17) is 5.11 Å². The molecule has 1 unspecified atom stereocenters. The van der Waals surface area contributed by atoms with E-state index in [1.165, 1.54) is 4.90 Å². The summed E-state index contributed by atoms with van der Waals surface area (Å²) in [5.74, 6) is -0.645. The van der Waals surface area contributed by atoms with E-state index in [1.54, 1.807) is 6.07 Å². The van der Waals surface area contributed by atoms with Crippen LogP contribution in [0.2, 0.25) is 0 Å². The van der Waals surface area contributed by atoms with Crippen molar-refractivity contribution in [2.24, 2.45) is 0 Å². The zero-order valence-electron chi connectivity index (χ0n) is 13.1. The van der Waals surface area contributed by atoms with Gasteiger partial charge < -0.3 is 15.3 Å². The van der Waals surface area contributed by atoms with Gasteiger partial charge in [-0.05, 0) is 37.0 Å². The Balaban J connectivity index is 2.85. The molecular weight excluding hydrogens is 268 g/mol. The van der Waals surface area contributed by atoms with Crippen LogP contribution in [-0.2, 0) is 4.79 Å². The van der Waals surface area contributed by atoms with Crippen molar-refractivity contribution < 1.29 is 14.7 Å². The standard InChI is InChI=1S/C16H24N2O3/c1-5-12(4)18(10-15(19)20)16(21)17-14-8-6-7-13(9-14)11(2)3/h6-9,11-12H,5,10H2,1-4H3,(H,17,21)(H,19,20). The summed E-state index contributed by atoms with van der Waals surface area (Å²) in [5.41, 5.74) is 1.81. The van der Waals surface area contributed by atoms with Crippen molar-refractivity contribution in [2.75, 3.05) is 11.9 Å². The predicted octanol–water partition coefficient (Wildman–Crippen LogP) is 3.53.